The van der Waals surface area contributed by atoms with Crippen LogP contribution in [-0.4, -0.2) is 89.1 Å². The number of aromatic nitrogens is 1. The summed E-state index contributed by atoms with van der Waals surface area (Å²) in [6, 6.07) is 8.98. The molecule has 3 aliphatic heterocycles. The van der Waals surface area contributed by atoms with Gasteiger partial charge in [0.25, 0.3) is 0 Å². The molecule has 3 aromatic carbocycles. The summed E-state index contributed by atoms with van der Waals surface area (Å²) < 4.78 is 54.6. The molecule has 2 saturated heterocycles. The van der Waals surface area contributed by atoms with Crippen LogP contribution in [0.15, 0.2) is 82.4 Å². The number of hydrogen-bond donors (Lipinski definition) is 2. The number of halogens is 4. The minimum atomic E-state index is -1.31. The van der Waals surface area contributed by atoms with Crippen LogP contribution in [0.2, 0.25) is 5.02 Å². The van der Waals surface area contributed by atoms with E-state index in [1.807, 2.05) is 0 Å². The minimum Gasteiger partial charge on any atom is -0.478 e. The van der Waals surface area contributed by atoms with E-state index in [1.54, 1.807) is 23.4 Å². The van der Waals surface area contributed by atoms with Gasteiger partial charge in [0, 0.05) is 72.7 Å². The lowest BCUT2D eigenvalue weighted by Crippen LogP contribution is -2.53. The largest absolute Gasteiger partial charge is 0.478 e. The van der Waals surface area contributed by atoms with Crippen LogP contribution >= 0.6 is 22.9 Å². The van der Waals surface area contributed by atoms with E-state index in [9.17, 15) is 27.6 Å². The number of carboxylic acids is 1. The van der Waals surface area contributed by atoms with Crippen molar-refractivity contribution < 1.29 is 42.1 Å². The maximum absolute atomic E-state index is 14.9. The molecule has 3 aliphatic rings. The number of nitrogens with zero attached hydrogens (tertiary/aromatic N) is 5. The minimum absolute atomic E-state index is 0.0865. The average molecular weight is 767 g/mol. The molecule has 0 saturated carbocycles. The van der Waals surface area contributed by atoms with Crippen molar-refractivity contribution in [2.75, 3.05) is 44.2 Å². The highest BCUT2D eigenvalue weighted by atomic mass is 35.5. The lowest BCUT2D eigenvalue weighted by Gasteiger charge is -2.38. The standard InChI is InChI=1S/C36H30ClF3N6O6S/c1-2-51-35(49)30-28(42-32(33-41-7-10-53-33)43-31(30)25-5-4-20(38)14-26(25)37)18-44-8-9-45-23(16-44)17-46(36(45)50)22-12-21(39)13-24(15-22)52-29-6-3-19(34(47)48)11-27(29)40/h3-7,10-15,23,31H,2,8-9,16-18H2,1H3,(H,42,43)(H,47,48)/t23-,31-/m0/s1. The van der Waals surface area contributed by atoms with Crippen molar-refractivity contribution in [3.05, 3.63) is 116 Å². The second-order valence-corrected chi connectivity index (χ2v) is 13.6. The molecule has 0 spiro atoms. The van der Waals surface area contributed by atoms with Crippen molar-refractivity contribution >= 4 is 52.4 Å². The van der Waals surface area contributed by atoms with E-state index in [1.165, 1.54) is 40.5 Å². The Morgan fingerprint density at radius 1 is 1.06 bits per heavy atom. The lowest BCUT2D eigenvalue weighted by atomic mass is 9.95. The predicted octanol–water partition coefficient (Wildman–Crippen LogP) is 6.24. The number of anilines is 1. The monoisotopic (exact) mass is 766 g/mol. The first kappa shape index (κ1) is 35.9. The van der Waals surface area contributed by atoms with Crippen molar-refractivity contribution in [2.24, 2.45) is 4.99 Å². The summed E-state index contributed by atoms with van der Waals surface area (Å²) in [6.45, 7) is 3.32. The number of carbonyl (C=O) groups is 3. The molecular weight excluding hydrogens is 737 g/mol. The molecule has 0 unspecified atom stereocenters. The fraction of sp³-hybridized carbons (Fsp3) is 0.250. The van der Waals surface area contributed by atoms with E-state index in [4.69, 9.17) is 31.2 Å². The van der Waals surface area contributed by atoms with Crippen LogP contribution < -0.4 is 15.0 Å². The normalized spacial score (nSPS) is 18.8. The van der Waals surface area contributed by atoms with Gasteiger partial charge in [-0.15, -0.1) is 11.3 Å². The number of amides is 2. The highest BCUT2D eigenvalue weighted by molar-refractivity contribution is 7.11. The number of carboxylic acid groups (broad SMARTS) is 1. The number of amidine groups is 1. The van der Waals surface area contributed by atoms with Crippen LogP contribution in [0.3, 0.4) is 0 Å². The molecule has 53 heavy (non-hydrogen) atoms. The average Bonchev–Trinajstić information content (AvgIpc) is 3.77. The third-order valence-corrected chi connectivity index (χ3v) is 10.0. The Bertz CT molecular complexity index is 2170. The quantitative estimate of drug-likeness (QED) is 0.180. The Kier molecular flexibility index (Phi) is 10.1. The number of nitrogens with one attached hydrogen (secondary N) is 1. The van der Waals surface area contributed by atoms with Crippen LogP contribution in [0.5, 0.6) is 11.5 Å². The fourth-order valence-corrected chi connectivity index (χ4v) is 7.39. The van der Waals surface area contributed by atoms with Gasteiger partial charge in [0.05, 0.1) is 29.5 Å². The molecular formula is C36H30ClF3N6O6S. The van der Waals surface area contributed by atoms with E-state index in [0.29, 0.717) is 41.7 Å². The van der Waals surface area contributed by atoms with Crippen molar-refractivity contribution in [1.29, 1.82) is 0 Å². The zero-order chi connectivity index (χ0) is 37.4. The molecule has 2 atom stereocenters. The van der Waals surface area contributed by atoms with Crippen LogP contribution in [0.4, 0.5) is 23.7 Å². The Morgan fingerprint density at radius 3 is 2.60 bits per heavy atom. The summed E-state index contributed by atoms with van der Waals surface area (Å²) in [4.78, 5) is 52.7. The number of ether oxygens (including phenoxy) is 2. The van der Waals surface area contributed by atoms with Gasteiger partial charge in [0.1, 0.15) is 23.4 Å². The number of esters is 1. The topological polar surface area (TPSA) is 137 Å². The summed E-state index contributed by atoms with van der Waals surface area (Å²) >= 11 is 7.85. The predicted molar refractivity (Wildman–Crippen MR) is 189 cm³/mol. The van der Waals surface area contributed by atoms with Gasteiger partial charge in [0.15, 0.2) is 22.4 Å². The van der Waals surface area contributed by atoms with Crippen molar-refractivity contribution in [1.82, 2.24) is 20.1 Å². The number of piperazine rings is 1. The smallest absolute Gasteiger partial charge is 0.338 e. The number of fused-ring (bicyclic) bond motifs is 1. The van der Waals surface area contributed by atoms with Crippen LogP contribution in [-0.2, 0) is 9.53 Å². The maximum Gasteiger partial charge on any atom is 0.338 e. The lowest BCUT2D eigenvalue weighted by molar-refractivity contribution is -0.139. The molecule has 0 radical (unpaired) electrons. The summed E-state index contributed by atoms with van der Waals surface area (Å²) in [7, 11) is 0. The molecule has 12 nitrogen and oxygen atoms in total. The number of urea groups is 1. The Morgan fingerprint density at radius 2 is 1.89 bits per heavy atom. The van der Waals surface area contributed by atoms with E-state index in [0.717, 1.165) is 30.3 Å². The summed E-state index contributed by atoms with van der Waals surface area (Å²) in [5, 5.41) is 14.8. The number of carbonyl (C=O) groups excluding carboxylic acids is 2. The van der Waals surface area contributed by atoms with Crippen LogP contribution in [0, 0.1) is 17.5 Å². The number of benzene rings is 3. The number of aromatic carboxylic acids is 1. The SMILES string of the molecule is CCOC(=O)C1=C(CN2CCN3C(=O)N(c4cc(F)cc(Oc5ccc(C(=O)O)cc5F)c4)C[C@@H]3C2)NC(c2nccs2)=N[C@H]1c1ccc(F)cc1Cl. The van der Waals surface area contributed by atoms with E-state index in [2.05, 4.69) is 15.2 Å². The van der Waals surface area contributed by atoms with E-state index < -0.39 is 35.4 Å². The maximum atomic E-state index is 14.9. The Labute approximate surface area is 309 Å². The highest BCUT2D eigenvalue weighted by Crippen LogP contribution is 2.38. The van der Waals surface area contributed by atoms with Gasteiger partial charge in [0.2, 0.25) is 0 Å². The fourth-order valence-electron chi connectivity index (χ4n) is 6.53. The van der Waals surface area contributed by atoms with Gasteiger partial charge < -0.3 is 24.8 Å². The van der Waals surface area contributed by atoms with E-state index >= 15 is 0 Å². The summed E-state index contributed by atoms with van der Waals surface area (Å²) in [6.07, 6.45) is 1.63. The third kappa shape index (κ3) is 7.42. The first-order valence-electron chi connectivity index (χ1n) is 16.4. The van der Waals surface area contributed by atoms with E-state index in [-0.39, 0.29) is 65.1 Å². The van der Waals surface area contributed by atoms with Crippen LogP contribution in [0.25, 0.3) is 0 Å². The first-order chi connectivity index (χ1) is 25.5. The molecule has 2 amide bonds. The first-order valence-corrected chi connectivity index (χ1v) is 17.7. The third-order valence-electron chi connectivity index (χ3n) is 8.91. The molecule has 1 aromatic heterocycles. The Balaban J connectivity index is 1.14. The van der Waals surface area contributed by atoms with Crippen molar-refractivity contribution in [2.45, 2.75) is 19.0 Å². The van der Waals surface area contributed by atoms with Crippen LogP contribution in [0.1, 0.15) is 33.9 Å². The molecule has 7 rings (SSSR count). The second-order valence-electron chi connectivity index (χ2n) is 12.3. The van der Waals surface area contributed by atoms with Gasteiger partial charge in [-0.2, -0.15) is 0 Å². The molecule has 17 heteroatoms. The van der Waals surface area contributed by atoms with Gasteiger partial charge in [-0.25, -0.2) is 32.5 Å². The zero-order valence-electron chi connectivity index (χ0n) is 27.9. The zero-order valence-corrected chi connectivity index (χ0v) is 29.5. The molecule has 4 aromatic rings. The molecule has 2 fully saturated rings. The van der Waals surface area contributed by atoms with Gasteiger partial charge in [-0.3, -0.25) is 14.8 Å². The molecule has 4 heterocycles. The molecule has 2 N–H and O–H groups in total. The molecule has 274 valence electrons. The summed E-state index contributed by atoms with van der Waals surface area (Å²) in [5.41, 5.74) is 1.01. The number of thiazole rings is 1. The number of aliphatic imine (C=N–C) groups is 1. The number of hydrogen-bond acceptors (Lipinski definition) is 10. The Hall–Kier alpha value is -5.45. The highest BCUT2D eigenvalue weighted by Gasteiger charge is 2.42. The molecule has 0 aliphatic carbocycles. The summed E-state index contributed by atoms with van der Waals surface area (Å²) in [5.74, 6) is -4.15. The van der Waals surface area contributed by atoms with Gasteiger partial charge in [-0.1, -0.05) is 17.7 Å². The van der Waals surface area contributed by atoms with Crippen molar-refractivity contribution in [3.8, 4) is 11.5 Å². The molecule has 0 bridgehead atoms. The number of rotatable bonds is 10. The van der Waals surface area contributed by atoms with Gasteiger partial charge >= 0.3 is 18.0 Å². The second kappa shape index (κ2) is 14.9. The van der Waals surface area contributed by atoms with Crippen molar-refractivity contribution in [3.63, 3.8) is 0 Å². The van der Waals surface area contributed by atoms with Gasteiger partial charge in [-0.05, 0) is 43.3 Å².